The van der Waals surface area contributed by atoms with Gasteiger partial charge in [-0.05, 0) is 53.8 Å². The molecule has 8 heteroatoms. The van der Waals surface area contributed by atoms with E-state index in [9.17, 15) is 9.59 Å². The Labute approximate surface area is 235 Å². The summed E-state index contributed by atoms with van der Waals surface area (Å²) < 4.78 is 0. The van der Waals surface area contributed by atoms with E-state index in [0.29, 0.717) is 37.4 Å². The molecule has 40 heavy (non-hydrogen) atoms. The molecule has 0 bridgehead atoms. The first kappa shape index (κ1) is 27.1. The summed E-state index contributed by atoms with van der Waals surface area (Å²) in [6.45, 7) is 7.18. The van der Waals surface area contributed by atoms with E-state index in [-0.39, 0.29) is 11.8 Å². The van der Waals surface area contributed by atoms with Gasteiger partial charge in [0.15, 0.2) is 0 Å². The molecule has 0 saturated heterocycles. The summed E-state index contributed by atoms with van der Waals surface area (Å²) in [4.78, 5) is 45.6. The van der Waals surface area contributed by atoms with E-state index >= 15 is 0 Å². The molecule has 0 spiro atoms. The Bertz CT molecular complexity index is 1460. The largest absolute Gasteiger partial charge is 0.333 e. The van der Waals surface area contributed by atoms with Crippen LogP contribution in [0, 0.1) is 6.92 Å². The molecule has 4 aromatic rings. The molecular weight excluding hydrogens is 500 g/mol. The second kappa shape index (κ2) is 12.6. The van der Waals surface area contributed by atoms with Crippen LogP contribution in [0.2, 0.25) is 0 Å². The topological polar surface area (TPSA) is 82.5 Å². The van der Waals surface area contributed by atoms with E-state index < -0.39 is 0 Å². The molecule has 0 unspecified atom stereocenters. The highest BCUT2D eigenvalue weighted by Gasteiger charge is 2.25. The number of rotatable bonds is 4. The number of nitrogens with zero attached hydrogens (tertiary/aromatic N) is 6. The number of hydrogen-bond acceptors (Lipinski definition) is 6. The van der Waals surface area contributed by atoms with Gasteiger partial charge in [-0.25, -0.2) is 9.97 Å². The van der Waals surface area contributed by atoms with E-state index in [2.05, 4.69) is 38.1 Å². The maximum Gasteiger partial charge on any atom is 0.257 e. The van der Waals surface area contributed by atoms with Crippen LogP contribution in [0.5, 0.6) is 0 Å². The molecule has 1 aliphatic heterocycles. The van der Waals surface area contributed by atoms with Gasteiger partial charge in [-0.15, -0.1) is 0 Å². The average Bonchev–Trinajstić information content (AvgIpc) is 3.01. The number of fused-ring (bicyclic) bond motifs is 1. The molecule has 3 heterocycles. The van der Waals surface area contributed by atoms with Gasteiger partial charge in [0.1, 0.15) is 6.33 Å². The van der Waals surface area contributed by atoms with E-state index in [1.165, 1.54) is 11.9 Å². The summed E-state index contributed by atoms with van der Waals surface area (Å²) in [6.07, 6.45) is 7.44. The highest BCUT2D eigenvalue weighted by molar-refractivity contribution is 5.96. The van der Waals surface area contributed by atoms with Crippen molar-refractivity contribution < 1.29 is 9.59 Å². The van der Waals surface area contributed by atoms with Crippen molar-refractivity contribution in [3.8, 4) is 11.1 Å². The molecule has 0 saturated carbocycles. The molecule has 204 valence electrons. The first-order valence-corrected chi connectivity index (χ1v) is 13.6. The van der Waals surface area contributed by atoms with Crippen molar-refractivity contribution in [2.75, 3.05) is 31.1 Å². The second-order valence-electron chi connectivity index (χ2n) is 10.1. The molecule has 0 N–H and O–H groups in total. The monoisotopic (exact) mass is 534 g/mol. The van der Waals surface area contributed by atoms with Crippen LogP contribution in [0.4, 0.5) is 5.69 Å². The number of benzene rings is 2. The summed E-state index contributed by atoms with van der Waals surface area (Å²) >= 11 is 0. The quantitative estimate of drug-likeness (QED) is 0.376. The van der Waals surface area contributed by atoms with Crippen LogP contribution >= 0.6 is 0 Å². The third kappa shape index (κ3) is 6.40. The van der Waals surface area contributed by atoms with Gasteiger partial charge in [0.05, 0.1) is 11.3 Å². The van der Waals surface area contributed by atoms with Crippen molar-refractivity contribution in [3.63, 3.8) is 0 Å². The van der Waals surface area contributed by atoms with Crippen molar-refractivity contribution in [2.24, 2.45) is 0 Å². The molecule has 8 nitrogen and oxygen atoms in total. The van der Waals surface area contributed by atoms with Crippen LogP contribution < -0.4 is 4.90 Å². The summed E-state index contributed by atoms with van der Waals surface area (Å²) in [5, 5.41) is 0. The minimum absolute atomic E-state index is 0.0191. The lowest BCUT2D eigenvalue weighted by Gasteiger charge is -2.28. The lowest BCUT2D eigenvalue weighted by atomic mass is 10.0. The first-order valence-electron chi connectivity index (χ1n) is 13.6. The van der Waals surface area contributed by atoms with Gasteiger partial charge in [0, 0.05) is 70.5 Å². The molecule has 0 aliphatic carbocycles. The molecular formula is C32H34N6O2. The number of anilines is 1. The van der Waals surface area contributed by atoms with Gasteiger partial charge < -0.3 is 9.80 Å². The maximum absolute atomic E-state index is 14.0. The SMILES string of the molecule is CC(=O)N1CCCN(Cc2ccccc2)CCN(C(=O)c2cncnc2C)Cc2cc(-c3cccnc3)ccc21. The average molecular weight is 535 g/mol. The van der Waals surface area contributed by atoms with Crippen molar-refractivity contribution in [1.29, 1.82) is 0 Å². The number of hydrogen-bond donors (Lipinski definition) is 0. The fraction of sp³-hybridized carbons (Fsp3) is 0.281. The maximum atomic E-state index is 14.0. The molecule has 1 aliphatic rings. The summed E-state index contributed by atoms with van der Waals surface area (Å²) in [7, 11) is 0. The summed E-state index contributed by atoms with van der Waals surface area (Å²) in [6, 6.07) is 20.4. The van der Waals surface area contributed by atoms with Gasteiger partial charge in [-0.2, -0.15) is 0 Å². The van der Waals surface area contributed by atoms with Crippen molar-refractivity contribution in [3.05, 3.63) is 108 Å². The molecule has 2 aromatic heterocycles. The van der Waals surface area contributed by atoms with Crippen LogP contribution in [-0.4, -0.2) is 62.7 Å². The standard InChI is InChI=1S/C32H34N6O2/c1-24-30(20-34-23-35-24)32(40)37-17-16-36(21-26-8-4-3-5-9-26)14-7-15-38(25(2)39)31-12-11-27(18-29(31)22-37)28-10-6-13-33-19-28/h3-6,8-13,18-20,23H,7,14-17,21-22H2,1-2H3. The van der Waals surface area contributed by atoms with Crippen molar-refractivity contribution >= 4 is 17.5 Å². The van der Waals surface area contributed by atoms with Gasteiger partial charge in [-0.1, -0.05) is 42.5 Å². The molecule has 0 atom stereocenters. The highest BCUT2D eigenvalue weighted by Crippen LogP contribution is 2.30. The van der Waals surface area contributed by atoms with Crippen LogP contribution in [-0.2, 0) is 17.9 Å². The van der Waals surface area contributed by atoms with Gasteiger partial charge in [0.2, 0.25) is 5.91 Å². The van der Waals surface area contributed by atoms with E-state index in [4.69, 9.17) is 0 Å². The van der Waals surface area contributed by atoms with Crippen LogP contribution in [0.25, 0.3) is 11.1 Å². The Morgan fingerprint density at radius 2 is 1.73 bits per heavy atom. The Balaban J connectivity index is 1.55. The minimum atomic E-state index is -0.121. The Hall–Kier alpha value is -4.43. The Morgan fingerprint density at radius 1 is 0.875 bits per heavy atom. The van der Waals surface area contributed by atoms with Crippen LogP contribution in [0.15, 0.2) is 85.6 Å². The third-order valence-electron chi connectivity index (χ3n) is 7.33. The third-order valence-corrected chi connectivity index (χ3v) is 7.33. The van der Waals surface area contributed by atoms with Gasteiger partial charge in [-0.3, -0.25) is 19.5 Å². The number of carbonyl (C=O) groups is 2. The van der Waals surface area contributed by atoms with E-state index in [1.54, 1.807) is 19.3 Å². The zero-order valence-corrected chi connectivity index (χ0v) is 23.0. The number of amides is 2. The number of aromatic nitrogens is 3. The Morgan fingerprint density at radius 3 is 2.48 bits per heavy atom. The van der Waals surface area contributed by atoms with Gasteiger partial charge in [0.25, 0.3) is 5.91 Å². The molecule has 2 aromatic carbocycles. The van der Waals surface area contributed by atoms with Crippen LogP contribution in [0.1, 0.15) is 40.5 Å². The normalized spacial score (nSPS) is 14.8. The zero-order chi connectivity index (χ0) is 27.9. The molecule has 5 rings (SSSR count). The predicted molar refractivity (Wildman–Crippen MR) is 156 cm³/mol. The molecule has 2 amide bonds. The van der Waals surface area contributed by atoms with Crippen molar-refractivity contribution in [1.82, 2.24) is 24.8 Å². The number of aryl methyl sites for hydroxylation is 1. The Kier molecular flexibility index (Phi) is 8.56. The van der Waals surface area contributed by atoms with Crippen LogP contribution in [0.3, 0.4) is 0 Å². The molecule has 0 fully saturated rings. The summed E-state index contributed by atoms with van der Waals surface area (Å²) in [5.74, 6) is -0.140. The highest BCUT2D eigenvalue weighted by atomic mass is 16.2. The van der Waals surface area contributed by atoms with Crippen molar-refractivity contribution in [2.45, 2.75) is 33.4 Å². The van der Waals surface area contributed by atoms with E-state index in [1.807, 2.05) is 65.4 Å². The second-order valence-corrected chi connectivity index (χ2v) is 10.1. The van der Waals surface area contributed by atoms with E-state index in [0.717, 1.165) is 41.9 Å². The summed E-state index contributed by atoms with van der Waals surface area (Å²) in [5.41, 5.74) is 6.06. The first-order chi connectivity index (χ1) is 19.5. The number of carbonyl (C=O) groups excluding carboxylic acids is 2. The number of pyridine rings is 1. The predicted octanol–water partition coefficient (Wildman–Crippen LogP) is 4.75. The fourth-order valence-corrected chi connectivity index (χ4v) is 5.19. The lowest BCUT2D eigenvalue weighted by molar-refractivity contribution is -0.116. The smallest absolute Gasteiger partial charge is 0.257 e. The zero-order valence-electron chi connectivity index (χ0n) is 23.0. The molecule has 0 radical (unpaired) electrons. The lowest BCUT2D eigenvalue weighted by Crippen LogP contribution is -2.39. The fourth-order valence-electron chi connectivity index (χ4n) is 5.19. The van der Waals surface area contributed by atoms with Gasteiger partial charge >= 0.3 is 0 Å². The minimum Gasteiger partial charge on any atom is -0.333 e.